The van der Waals surface area contributed by atoms with Crippen LogP contribution in [0.2, 0.25) is 5.02 Å². The number of aromatic nitrogens is 1. The van der Waals surface area contributed by atoms with Crippen molar-refractivity contribution in [2.45, 2.75) is 32.9 Å². The summed E-state index contributed by atoms with van der Waals surface area (Å²) in [5, 5.41) is 3.99. The van der Waals surface area contributed by atoms with E-state index in [1.165, 1.54) is 17.2 Å². The first-order valence-corrected chi connectivity index (χ1v) is 9.96. The summed E-state index contributed by atoms with van der Waals surface area (Å²) in [5.74, 6) is 0.303. The Morgan fingerprint density at radius 1 is 1.39 bits per heavy atom. The normalized spacial score (nSPS) is 17.2. The van der Waals surface area contributed by atoms with Crippen molar-refractivity contribution >= 4 is 29.5 Å². The second-order valence-corrected chi connectivity index (χ2v) is 7.44. The van der Waals surface area contributed by atoms with Gasteiger partial charge in [0, 0.05) is 37.9 Å². The number of halogens is 1. The Morgan fingerprint density at radius 2 is 2.18 bits per heavy atom. The van der Waals surface area contributed by atoms with Gasteiger partial charge < -0.3 is 10.1 Å². The van der Waals surface area contributed by atoms with Crippen LogP contribution in [-0.2, 0) is 16.1 Å². The molecule has 3 rings (SSSR count). The largest absolute Gasteiger partial charge is 0.463 e. The van der Waals surface area contributed by atoms with Gasteiger partial charge >= 0.3 is 5.97 Å². The van der Waals surface area contributed by atoms with E-state index in [0.717, 1.165) is 31.6 Å². The van der Waals surface area contributed by atoms with Crippen molar-refractivity contribution < 1.29 is 9.53 Å². The van der Waals surface area contributed by atoms with Crippen LogP contribution in [0.3, 0.4) is 0 Å². The minimum absolute atomic E-state index is 0.316. The van der Waals surface area contributed by atoms with E-state index in [1.54, 1.807) is 25.3 Å². The predicted octanol–water partition coefficient (Wildman–Crippen LogP) is 4.31. The van der Waals surface area contributed by atoms with Crippen molar-refractivity contribution in [2.24, 2.45) is 0 Å². The molecule has 0 spiro atoms. The highest BCUT2D eigenvalue weighted by Gasteiger charge is 2.23. The third kappa shape index (κ3) is 5.81. The van der Waals surface area contributed by atoms with Gasteiger partial charge in [0.1, 0.15) is 5.82 Å². The number of aryl methyl sites for hydroxylation is 1. The Morgan fingerprint density at radius 3 is 2.89 bits per heavy atom. The zero-order chi connectivity index (χ0) is 19.9. The average molecular weight is 400 g/mol. The third-order valence-electron chi connectivity index (χ3n) is 4.70. The molecule has 1 atom stereocenters. The molecule has 0 aliphatic carbocycles. The number of carbonyl (C=O) groups is 1. The standard InChI is InChI=1S/C22H26ClN3O2/c1-3-28-21(27)9-8-18-12-20(23)22(24-13-18)25-19-10-11-26(15-19)14-17-6-4-16(2)5-7-17/h4-9,12-13,19H,3,10-11,14-15H2,1-2H3,(H,24,25)/b9-8+/t19-/m1/s1. The first-order chi connectivity index (χ1) is 13.5. The summed E-state index contributed by atoms with van der Waals surface area (Å²) in [5.41, 5.74) is 3.38. The van der Waals surface area contributed by atoms with E-state index < -0.39 is 0 Å². The number of esters is 1. The quantitative estimate of drug-likeness (QED) is 0.555. The van der Waals surface area contributed by atoms with Crippen LogP contribution in [0.1, 0.15) is 30.0 Å². The fraction of sp³-hybridized carbons (Fsp3) is 0.364. The van der Waals surface area contributed by atoms with Crippen LogP contribution < -0.4 is 5.32 Å². The first kappa shape index (κ1) is 20.4. The summed E-state index contributed by atoms with van der Waals surface area (Å²) in [7, 11) is 0. The highest BCUT2D eigenvalue weighted by molar-refractivity contribution is 6.33. The summed E-state index contributed by atoms with van der Waals surface area (Å²) in [6.45, 7) is 7.19. The van der Waals surface area contributed by atoms with E-state index in [-0.39, 0.29) is 5.97 Å². The summed E-state index contributed by atoms with van der Waals surface area (Å²) >= 11 is 6.38. The van der Waals surface area contributed by atoms with Crippen molar-refractivity contribution in [3.8, 4) is 0 Å². The van der Waals surface area contributed by atoms with E-state index in [9.17, 15) is 4.79 Å². The number of nitrogens with one attached hydrogen (secondary N) is 1. The maximum absolute atomic E-state index is 11.4. The molecule has 0 bridgehead atoms. The molecule has 0 amide bonds. The molecule has 5 nitrogen and oxygen atoms in total. The Hall–Kier alpha value is -2.37. The van der Waals surface area contributed by atoms with Crippen molar-refractivity contribution in [2.75, 3.05) is 25.0 Å². The van der Waals surface area contributed by atoms with Gasteiger partial charge in [-0.05, 0) is 43.5 Å². The molecule has 0 saturated carbocycles. The lowest BCUT2D eigenvalue weighted by atomic mass is 10.1. The molecular weight excluding hydrogens is 374 g/mol. The maximum Gasteiger partial charge on any atom is 0.330 e. The Balaban J connectivity index is 1.54. The Bertz CT molecular complexity index is 836. The molecule has 0 radical (unpaired) electrons. The fourth-order valence-corrected chi connectivity index (χ4v) is 3.47. The molecule has 6 heteroatoms. The van der Waals surface area contributed by atoms with E-state index in [1.807, 2.05) is 0 Å². The van der Waals surface area contributed by atoms with Crippen LogP contribution >= 0.6 is 11.6 Å². The summed E-state index contributed by atoms with van der Waals surface area (Å²) in [4.78, 5) is 18.3. The minimum atomic E-state index is -0.375. The van der Waals surface area contributed by atoms with Gasteiger partial charge in [-0.3, -0.25) is 4.90 Å². The van der Waals surface area contributed by atoms with Crippen molar-refractivity contribution in [1.29, 1.82) is 0 Å². The van der Waals surface area contributed by atoms with Crippen molar-refractivity contribution in [3.63, 3.8) is 0 Å². The zero-order valence-electron chi connectivity index (χ0n) is 16.3. The van der Waals surface area contributed by atoms with Gasteiger partial charge in [0.2, 0.25) is 0 Å². The van der Waals surface area contributed by atoms with Gasteiger partial charge in [-0.15, -0.1) is 0 Å². The van der Waals surface area contributed by atoms with Gasteiger partial charge in [-0.2, -0.15) is 0 Å². The van der Waals surface area contributed by atoms with Gasteiger partial charge in [-0.1, -0.05) is 41.4 Å². The van der Waals surface area contributed by atoms with Crippen LogP contribution in [0.4, 0.5) is 5.82 Å². The lowest BCUT2D eigenvalue weighted by molar-refractivity contribution is -0.137. The minimum Gasteiger partial charge on any atom is -0.463 e. The molecule has 1 fully saturated rings. The Labute approximate surface area is 171 Å². The van der Waals surface area contributed by atoms with E-state index in [2.05, 4.69) is 46.4 Å². The molecular formula is C22H26ClN3O2. The van der Waals surface area contributed by atoms with E-state index in [4.69, 9.17) is 16.3 Å². The third-order valence-corrected chi connectivity index (χ3v) is 4.99. The molecule has 2 heterocycles. The zero-order valence-corrected chi connectivity index (χ0v) is 17.1. The highest BCUT2D eigenvalue weighted by Crippen LogP contribution is 2.24. The summed E-state index contributed by atoms with van der Waals surface area (Å²) in [6, 6.07) is 10.8. The molecule has 28 heavy (non-hydrogen) atoms. The van der Waals surface area contributed by atoms with E-state index in [0.29, 0.717) is 23.5 Å². The van der Waals surface area contributed by atoms with Crippen LogP contribution in [0.25, 0.3) is 6.08 Å². The number of carbonyl (C=O) groups excluding carboxylic acids is 1. The maximum atomic E-state index is 11.4. The van der Waals surface area contributed by atoms with Gasteiger partial charge in [0.05, 0.1) is 11.6 Å². The van der Waals surface area contributed by atoms with Crippen molar-refractivity contribution in [1.82, 2.24) is 9.88 Å². The second-order valence-electron chi connectivity index (χ2n) is 7.04. The summed E-state index contributed by atoms with van der Waals surface area (Å²) in [6.07, 6.45) is 5.78. The lowest BCUT2D eigenvalue weighted by Crippen LogP contribution is -2.26. The number of hydrogen-bond acceptors (Lipinski definition) is 5. The SMILES string of the molecule is CCOC(=O)/C=C/c1cnc(N[C@@H]2CCN(Cc3ccc(C)cc3)C2)c(Cl)c1. The number of hydrogen-bond donors (Lipinski definition) is 1. The molecule has 1 aromatic heterocycles. The molecule has 0 unspecified atom stereocenters. The van der Waals surface area contributed by atoms with E-state index >= 15 is 0 Å². The first-order valence-electron chi connectivity index (χ1n) is 9.58. The smallest absolute Gasteiger partial charge is 0.330 e. The topological polar surface area (TPSA) is 54.5 Å². The molecule has 148 valence electrons. The number of benzene rings is 1. The molecule has 1 aliphatic rings. The number of rotatable bonds is 7. The molecule has 1 aromatic carbocycles. The molecule has 2 aromatic rings. The fourth-order valence-electron chi connectivity index (χ4n) is 3.24. The average Bonchev–Trinajstić information content (AvgIpc) is 3.11. The van der Waals surface area contributed by atoms with Gasteiger partial charge in [0.25, 0.3) is 0 Å². The molecule has 1 N–H and O–H groups in total. The predicted molar refractivity (Wildman–Crippen MR) is 113 cm³/mol. The number of anilines is 1. The monoisotopic (exact) mass is 399 g/mol. The number of pyridine rings is 1. The molecule has 1 saturated heterocycles. The van der Waals surface area contributed by atoms with Crippen molar-refractivity contribution in [3.05, 3.63) is 64.3 Å². The molecule has 1 aliphatic heterocycles. The second kappa shape index (κ2) is 9.71. The number of nitrogens with zero attached hydrogens (tertiary/aromatic N) is 2. The Kier molecular flexibility index (Phi) is 7.06. The van der Waals surface area contributed by atoms with Gasteiger partial charge in [0.15, 0.2) is 0 Å². The van der Waals surface area contributed by atoms with Crippen LogP contribution in [0.5, 0.6) is 0 Å². The lowest BCUT2D eigenvalue weighted by Gasteiger charge is -2.18. The number of ether oxygens (including phenoxy) is 1. The van der Waals surface area contributed by atoms with Gasteiger partial charge in [-0.25, -0.2) is 9.78 Å². The van der Waals surface area contributed by atoms with Crippen LogP contribution in [0, 0.1) is 6.92 Å². The van der Waals surface area contributed by atoms with Crippen LogP contribution in [0.15, 0.2) is 42.6 Å². The summed E-state index contributed by atoms with van der Waals surface area (Å²) < 4.78 is 4.87. The van der Waals surface area contributed by atoms with Crippen LogP contribution in [-0.4, -0.2) is 41.6 Å². The highest BCUT2D eigenvalue weighted by atomic mass is 35.5. The number of likely N-dealkylation sites (tertiary alicyclic amines) is 1.